The number of nitrogens with zero attached hydrogens (tertiary/aromatic N) is 2. The average molecular weight is 510 g/mol. The van der Waals surface area contributed by atoms with Crippen LogP contribution in [0.25, 0.3) is 0 Å². The predicted octanol–water partition coefficient (Wildman–Crippen LogP) is 6.20. The zero-order valence-electron chi connectivity index (χ0n) is 21.2. The van der Waals surface area contributed by atoms with Crippen molar-refractivity contribution in [3.05, 3.63) is 94.0 Å². The van der Waals surface area contributed by atoms with Gasteiger partial charge in [0.2, 0.25) is 5.91 Å². The SMILES string of the molecule is COc1ccc(C(C)(C)C)cc1CNC1CCC(c2ccccc2)N1C(=O)Cc1ncc(Cl)cc1F. The van der Waals surface area contributed by atoms with Gasteiger partial charge in [-0.25, -0.2) is 4.39 Å². The van der Waals surface area contributed by atoms with E-state index in [1.165, 1.54) is 17.8 Å². The zero-order chi connectivity index (χ0) is 25.9. The minimum atomic E-state index is -0.570. The van der Waals surface area contributed by atoms with E-state index >= 15 is 0 Å². The molecule has 5 nitrogen and oxygen atoms in total. The van der Waals surface area contributed by atoms with E-state index in [0.717, 1.165) is 29.7 Å². The fourth-order valence-corrected chi connectivity index (χ4v) is 4.92. The first kappa shape index (κ1) is 26.1. The maximum Gasteiger partial charge on any atom is 0.230 e. The lowest BCUT2D eigenvalue weighted by Gasteiger charge is -2.32. The molecule has 0 spiro atoms. The molecule has 0 bridgehead atoms. The number of carbonyl (C=O) groups excluding carboxylic acids is 1. The second-order valence-electron chi connectivity index (χ2n) is 10.2. The summed E-state index contributed by atoms with van der Waals surface area (Å²) in [6.45, 7) is 7.07. The summed E-state index contributed by atoms with van der Waals surface area (Å²) in [5, 5.41) is 3.79. The monoisotopic (exact) mass is 509 g/mol. The highest BCUT2D eigenvalue weighted by Gasteiger charge is 2.37. The largest absolute Gasteiger partial charge is 0.496 e. The van der Waals surface area contributed by atoms with Crippen LogP contribution in [0, 0.1) is 5.82 Å². The highest BCUT2D eigenvalue weighted by atomic mass is 35.5. The van der Waals surface area contributed by atoms with Gasteiger partial charge in [-0.3, -0.25) is 15.1 Å². The van der Waals surface area contributed by atoms with Crippen LogP contribution in [-0.2, 0) is 23.2 Å². The van der Waals surface area contributed by atoms with Crippen LogP contribution in [-0.4, -0.2) is 29.1 Å². The quantitative estimate of drug-likeness (QED) is 0.412. The minimum absolute atomic E-state index is 0.00440. The van der Waals surface area contributed by atoms with Crippen LogP contribution in [0.3, 0.4) is 0 Å². The Morgan fingerprint density at radius 1 is 1.17 bits per heavy atom. The lowest BCUT2D eigenvalue weighted by atomic mass is 9.86. The van der Waals surface area contributed by atoms with Gasteiger partial charge in [-0.1, -0.05) is 74.8 Å². The first-order valence-corrected chi connectivity index (χ1v) is 12.6. The van der Waals surface area contributed by atoms with E-state index in [-0.39, 0.29) is 40.7 Å². The molecule has 3 aromatic rings. The van der Waals surface area contributed by atoms with Crippen molar-refractivity contribution >= 4 is 17.5 Å². The smallest absolute Gasteiger partial charge is 0.230 e. The number of amides is 1. The van der Waals surface area contributed by atoms with Crippen LogP contribution in [0.15, 0.2) is 60.8 Å². The number of pyridine rings is 1. The number of methoxy groups -OCH3 is 1. The van der Waals surface area contributed by atoms with Gasteiger partial charge in [0.15, 0.2) is 0 Å². The molecule has 2 atom stereocenters. The van der Waals surface area contributed by atoms with E-state index in [1.807, 2.05) is 41.3 Å². The lowest BCUT2D eigenvalue weighted by molar-refractivity contribution is -0.134. The van der Waals surface area contributed by atoms with Crippen LogP contribution >= 0.6 is 11.6 Å². The van der Waals surface area contributed by atoms with Crippen molar-refractivity contribution in [2.75, 3.05) is 7.11 Å². The molecule has 7 heteroatoms. The van der Waals surface area contributed by atoms with Crippen molar-refractivity contribution < 1.29 is 13.9 Å². The molecule has 1 N–H and O–H groups in total. The van der Waals surface area contributed by atoms with E-state index in [0.29, 0.717) is 6.54 Å². The van der Waals surface area contributed by atoms with Crippen LogP contribution < -0.4 is 10.1 Å². The Labute approximate surface area is 217 Å². The molecular weight excluding hydrogens is 477 g/mol. The molecule has 1 aromatic heterocycles. The Kier molecular flexibility index (Phi) is 7.96. The molecular formula is C29H33ClFN3O2. The number of likely N-dealkylation sites (tertiary alicyclic amines) is 1. The third-order valence-electron chi connectivity index (χ3n) is 6.73. The maximum absolute atomic E-state index is 14.5. The summed E-state index contributed by atoms with van der Waals surface area (Å²) in [5.74, 6) is 0.0564. The van der Waals surface area contributed by atoms with Gasteiger partial charge in [-0.05, 0) is 41.5 Å². The molecule has 4 rings (SSSR count). The van der Waals surface area contributed by atoms with E-state index in [9.17, 15) is 9.18 Å². The topological polar surface area (TPSA) is 54.5 Å². The molecule has 2 aromatic carbocycles. The summed E-state index contributed by atoms with van der Waals surface area (Å²) in [5.41, 5.74) is 3.41. The van der Waals surface area contributed by atoms with Gasteiger partial charge in [0.25, 0.3) is 0 Å². The molecule has 2 heterocycles. The molecule has 1 saturated heterocycles. The summed E-state index contributed by atoms with van der Waals surface area (Å²) >= 11 is 5.85. The third kappa shape index (κ3) is 5.88. The molecule has 1 aliphatic heterocycles. The summed E-state index contributed by atoms with van der Waals surface area (Å²) in [6, 6.07) is 17.3. The molecule has 2 unspecified atom stereocenters. The van der Waals surface area contributed by atoms with Crippen molar-refractivity contribution in [1.29, 1.82) is 0 Å². The summed E-state index contributed by atoms with van der Waals surface area (Å²) in [6.07, 6.45) is 2.62. The van der Waals surface area contributed by atoms with Crippen LogP contribution in [0.1, 0.15) is 62.0 Å². The molecule has 0 radical (unpaired) electrons. The molecule has 0 aliphatic carbocycles. The van der Waals surface area contributed by atoms with Gasteiger partial charge in [0.05, 0.1) is 36.5 Å². The Hall–Kier alpha value is -2.96. The maximum atomic E-state index is 14.5. The third-order valence-corrected chi connectivity index (χ3v) is 6.94. The molecule has 36 heavy (non-hydrogen) atoms. The Bertz CT molecular complexity index is 1210. The normalized spacial score (nSPS) is 17.9. The summed E-state index contributed by atoms with van der Waals surface area (Å²) in [7, 11) is 1.67. The lowest BCUT2D eigenvalue weighted by Crippen LogP contribution is -2.46. The van der Waals surface area contributed by atoms with Gasteiger partial charge in [0.1, 0.15) is 11.6 Å². The second-order valence-corrected chi connectivity index (χ2v) is 10.7. The first-order valence-electron chi connectivity index (χ1n) is 12.2. The van der Waals surface area contributed by atoms with E-state index in [4.69, 9.17) is 16.3 Å². The fourth-order valence-electron chi connectivity index (χ4n) is 4.78. The van der Waals surface area contributed by atoms with Crippen LogP contribution in [0.4, 0.5) is 4.39 Å². The molecule has 1 aliphatic rings. The van der Waals surface area contributed by atoms with Crippen LogP contribution in [0.2, 0.25) is 5.02 Å². The molecule has 0 saturated carbocycles. The summed E-state index contributed by atoms with van der Waals surface area (Å²) in [4.78, 5) is 19.5. The molecule has 1 amide bonds. The van der Waals surface area contributed by atoms with E-state index < -0.39 is 5.82 Å². The van der Waals surface area contributed by atoms with Crippen LogP contribution in [0.5, 0.6) is 5.75 Å². The number of hydrogen-bond acceptors (Lipinski definition) is 4. The standard InChI is InChI=1S/C29H33ClFN3O2/c1-29(2,3)21-10-12-26(36-4)20(14-21)17-33-27-13-11-25(19-8-6-5-7-9-19)34(27)28(35)16-24-23(31)15-22(30)18-32-24/h5-10,12,14-15,18,25,27,33H,11,13,16-17H2,1-4H3. The van der Waals surface area contributed by atoms with Crippen molar-refractivity contribution in [2.45, 2.75) is 64.2 Å². The Morgan fingerprint density at radius 3 is 2.58 bits per heavy atom. The number of rotatable bonds is 7. The van der Waals surface area contributed by atoms with Gasteiger partial charge in [0, 0.05) is 18.3 Å². The van der Waals surface area contributed by atoms with Crippen molar-refractivity contribution in [3.8, 4) is 5.75 Å². The fraction of sp³-hybridized carbons (Fsp3) is 0.379. The van der Waals surface area contributed by atoms with E-state index in [2.05, 4.69) is 43.2 Å². The number of halogens is 2. The van der Waals surface area contributed by atoms with E-state index in [1.54, 1.807) is 7.11 Å². The number of aromatic nitrogens is 1. The van der Waals surface area contributed by atoms with Crippen molar-refractivity contribution in [3.63, 3.8) is 0 Å². The number of hydrogen-bond donors (Lipinski definition) is 1. The number of carbonyl (C=O) groups is 1. The first-order chi connectivity index (χ1) is 17.2. The number of nitrogens with one attached hydrogen (secondary N) is 1. The predicted molar refractivity (Wildman–Crippen MR) is 140 cm³/mol. The molecule has 1 fully saturated rings. The molecule has 190 valence electrons. The highest BCUT2D eigenvalue weighted by molar-refractivity contribution is 6.30. The highest BCUT2D eigenvalue weighted by Crippen LogP contribution is 2.36. The van der Waals surface area contributed by atoms with Gasteiger partial charge in [-0.2, -0.15) is 0 Å². The minimum Gasteiger partial charge on any atom is -0.496 e. The van der Waals surface area contributed by atoms with Gasteiger partial charge in [-0.15, -0.1) is 0 Å². The van der Waals surface area contributed by atoms with Gasteiger partial charge < -0.3 is 9.64 Å². The average Bonchev–Trinajstić information content (AvgIpc) is 3.28. The van der Waals surface area contributed by atoms with Gasteiger partial charge >= 0.3 is 0 Å². The number of ether oxygens (including phenoxy) is 1. The Balaban J connectivity index is 1.59. The number of benzene rings is 2. The summed E-state index contributed by atoms with van der Waals surface area (Å²) < 4.78 is 20.1. The van der Waals surface area contributed by atoms with Crippen molar-refractivity contribution in [1.82, 2.24) is 15.2 Å². The second kappa shape index (κ2) is 11.0. The zero-order valence-corrected chi connectivity index (χ0v) is 22.0. The van der Waals surface area contributed by atoms with Crippen molar-refractivity contribution in [2.24, 2.45) is 0 Å². The Morgan fingerprint density at radius 2 is 1.92 bits per heavy atom.